The lowest BCUT2D eigenvalue weighted by atomic mass is 10.1. The van der Waals surface area contributed by atoms with E-state index in [1.54, 1.807) is 0 Å². The van der Waals surface area contributed by atoms with Crippen LogP contribution < -0.4 is 0 Å². The third-order valence-electron chi connectivity index (χ3n) is 2.91. The standard InChI is InChI=1S/C14H16O2/c1-11-6-2-5-9-13(11)14(15)16-10-12-7-3-4-8-12/h2-3,5-7,9,12H,4,8,10H2,1H3. The number of carbonyl (C=O) groups is 1. The van der Waals surface area contributed by atoms with Crippen molar-refractivity contribution in [2.75, 3.05) is 6.61 Å². The molecule has 0 aliphatic heterocycles. The van der Waals surface area contributed by atoms with Gasteiger partial charge in [-0.1, -0.05) is 30.4 Å². The maximum atomic E-state index is 11.8. The van der Waals surface area contributed by atoms with Gasteiger partial charge in [0.2, 0.25) is 0 Å². The molecule has 2 nitrogen and oxygen atoms in total. The topological polar surface area (TPSA) is 26.3 Å². The summed E-state index contributed by atoms with van der Waals surface area (Å²) in [6.07, 6.45) is 6.48. The second-order valence-electron chi connectivity index (χ2n) is 4.18. The highest BCUT2D eigenvalue weighted by Gasteiger charge is 2.14. The second-order valence-corrected chi connectivity index (χ2v) is 4.18. The predicted molar refractivity (Wildman–Crippen MR) is 63.3 cm³/mol. The van der Waals surface area contributed by atoms with Crippen LogP contribution in [0.1, 0.15) is 28.8 Å². The SMILES string of the molecule is Cc1ccccc1C(=O)OCC1C=CCC1. The van der Waals surface area contributed by atoms with Crippen LogP contribution in [0.25, 0.3) is 0 Å². The molecule has 0 heterocycles. The minimum atomic E-state index is -0.210. The molecule has 0 N–H and O–H groups in total. The van der Waals surface area contributed by atoms with E-state index in [2.05, 4.69) is 12.2 Å². The lowest BCUT2D eigenvalue weighted by Gasteiger charge is -2.10. The lowest BCUT2D eigenvalue weighted by molar-refractivity contribution is 0.0463. The fraction of sp³-hybridized carbons (Fsp3) is 0.357. The molecule has 0 aromatic heterocycles. The van der Waals surface area contributed by atoms with Crippen LogP contribution in [-0.2, 0) is 4.74 Å². The fourth-order valence-electron chi connectivity index (χ4n) is 1.90. The van der Waals surface area contributed by atoms with E-state index in [0.29, 0.717) is 18.1 Å². The van der Waals surface area contributed by atoms with Crippen molar-refractivity contribution in [2.45, 2.75) is 19.8 Å². The van der Waals surface area contributed by atoms with Crippen LogP contribution in [0.4, 0.5) is 0 Å². The third kappa shape index (κ3) is 2.51. The van der Waals surface area contributed by atoms with Gasteiger partial charge in [-0.15, -0.1) is 0 Å². The maximum absolute atomic E-state index is 11.8. The summed E-state index contributed by atoms with van der Waals surface area (Å²) in [7, 11) is 0. The van der Waals surface area contributed by atoms with Gasteiger partial charge < -0.3 is 4.74 Å². The van der Waals surface area contributed by atoms with Crippen molar-refractivity contribution in [3.63, 3.8) is 0 Å². The summed E-state index contributed by atoms with van der Waals surface area (Å²) in [5.74, 6) is 0.200. The Kier molecular flexibility index (Phi) is 3.40. The predicted octanol–water partition coefficient (Wildman–Crippen LogP) is 3.12. The summed E-state index contributed by atoms with van der Waals surface area (Å²) in [6, 6.07) is 7.51. The normalized spacial score (nSPS) is 18.7. The summed E-state index contributed by atoms with van der Waals surface area (Å²) in [5.41, 5.74) is 1.64. The zero-order chi connectivity index (χ0) is 11.4. The molecule has 0 amide bonds. The van der Waals surface area contributed by atoms with Crippen molar-refractivity contribution in [1.82, 2.24) is 0 Å². The Hall–Kier alpha value is -1.57. The third-order valence-corrected chi connectivity index (χ3v) is 2.91. The summed E-state index contributed by atoms with van der Waals surface area (Å²) in [5, 5.41) is 0. The molecule has 0 saturated heterocycles. The van der Waals surface area contributed by atoms with Crippen molar-refractivity contribution < 1.29 is 9.53 Å². The first-order valence-corrected chi connectivity index (χ1v) is 5.67. The Morgan fingerprint density at radius 1 is 1.44 bits per heavy atom. The van der Waals surface area contributed by atoms with Gasteiger partial charge in [0.15, 0.2) is 0 Å². The average molecular weight is 216 g/mol. The Morgan fingerprint density at radius 3 is 2.94 bits per heavy atom. The first kappa shape index (κ1) is 10.9. The molecule has 1 atom stereocenters. The van der Waals surface area contributed by atoms with Crippen LogP contribution in [0.2, 0.25) is 0 Å². The second kappa shape index (κ2) is 4.97. The number of benzene rings is 1. The highest BCUT2D eigenvalue weighted by atomic mass is 16.5. The molecule has 0 saturated carbocycles. The van der Waals surface area contributed by atoms with Crippen LogP contribution in [0.5, 0.6) is 0 Å². The molecule has 0 bridgehead atoms. The Bertz CT molecular complexity index is 407. The Balaban J connectivity index is 1.93. The van der Waals surface area contributed by atoms with E-state index in [4.69, 9.17) is 4.74 Å². The first-order chi connectivity index (χ1) is 7.77. The maximum Gasteiger partial charge on any atom is 0.338 e. The molecule has 1 aromatic rings. The lowest BCUT2D eigenvalue weighted by Crippen LogP contribution is -2.12. The molecule has 1 aliphatic rings. The number of hydrogen-bond donors (Lipinski definition) is 0. The molecule has 0 radical (unpaired) electrons. The molecule has 2 heteroatoms. The van der Waals surface area contributed by atoms with Crippen LogP contribution in [-0.4, -0.2) is 12.6 Å². The summed E-state index contributed by atoms with van der Waals surface area (Å²) in [4.78, 5) is 11.8. The highest BCUT2D eigenvalue weighted by molar-refractivity contribution is 5.90. The van der Waals surface area contributed by atoms with E-state index < -0.39 is 0 Å². The minimum absolute atomic E-state index is 0.210. The van der Waals surface area contributed by atoms with E-state index >= 15 is 0 Å². The van der Waals surface area contributed by atoms with Crippen LogP contribution in [0.3, 0.4) is 0 Å². The highest BCUT2D eigenvalue weighted by Crippen LogP contribution is 2.18. The quantitative estimate of drug-likeness (QED) is 0.573. The van der Waals surface area contributed by atoms with Crippen LogP contribution in [0.15, 0.2) is 36.4 Å². The Morgan fingerprint density at radius 2 is 2.25 bits per heavy atom. The van der Waals surface area contributed by atoms with E-state index in [0.717, 1.165) is 18.4 Å². The summed E-state index contributed by atoms with van der Waals surface area (Å²) >= 11 is 0. The summed E-state index contributed by atoms with van der Waals surface area (Å²) < 4.78 is 5.30. The first-order valence-electron chi connectivity index (χ1n) is 5.67. The van der Waals surface area contributed by atoms with Gasteiger partial charge in [-0.05, 0) is 31.4 Å². The molecule has 1 unspecified atom stereocenters. The molecule has 2 rings (SSSR count). The average Bonchev–Trinajstić information content (AvgIpc) is 2.79. The smallest absolute Gasteiger partial charge is 0.338 e. The largest absolute Gasteiger partial charge is 0.461 e. The van der Waals surface area contributed by atoms with Crippen LogP contribution in [0, 0.1) is 12.8 Å². The van der Waals surface area contributed by atoms with Crippen molar-refractivity contribution in [3.05, 3.63) is 47.5 Å². The molecule has 16 heavy (non-hydrogen) atoms. The van der Waals surface area contributed by atoms with Gasteiger partial charge in [0, 0.05) is 5.92 Å². The van der Waals surface area contributed by atoms with Gasteiger partial charge in [0.05, 0.1) is 12.2 Å². The molecule has 0 fully saturated rings. The van der Waals surface area contributed by atoms with Gasteiger partial charge in [-0.3, -0.25) is 0 Å². The zero-order valence-corrected chi connectivity index (χ0v) is 9.48. The molecule has 0 spiro atoms. The van der Waals surface area contributed by atoms with Gasteiger partial charge in [-0.25, -0.2) is 4.79 Å². The van der Waals surface area contributed by atoms with E-state index in [-0.39, 0.29) is 5.97 Å². The number of rotatable bonds is 3. The monoisotopic (exact) mass is 216 g/mol. The molecule has 84 valence electrons. The number of aryl methyl sites for hydroxylation is 1. The molecular formula is C14H16O2. The van der Waals surface area contributed by atoms with Gasteiger partial charge in [-0.2, -0.15) is 0 Å². The number of esters is 1. The number of hydrogen-bond acceptors (Lipinski definition) is 2. The van der Waals surface area contributed by atoms with Crippen molar-refractivity contribution in [2.24, 2.45) is 5.92 Å². The minimum Gasteiger partial charge on any atom is -0.461 e. The number of ether oxygens (including phenoxy) is 1. The van der Waals surface area contributed by atoms with Crippen LogP contribution >= 0.6 is 0 Å². The molecule has 1 aromatic carbocycles. The summed E-state index contributed by atoms with van der Waals surface area (Å²) in [6.45, 7) is 2.43. The Labute approximate surface area is 95.9 Å². The van der Waals surface area contributed by atoms with Crippen molar-refractivity contribution in [1.29, 1.82) is 0 Å². The van der Waals surface area contributed by atoms with E-state index in [1.165, 1.54) is 0 Å². The van der Waals surface area contributed by atoms with Gasteiger partial charge in [0.1, 0.15) is 0 Å². The zero-order valence-electron chi connectivity index (χ0n) is 9.48. The van der Waals surface area contributed by atoms with E-state index in [1.807, 2.05) is 31.2 Å². The number of allylic oxidation sites excluding steroid dienone is 1. The number of carbonyl (C=O) groups excluding carboxylic acids is 1. The fourth-order valence-corrected chi connectivity index (χ4v) is 1.90. The molecule has 1 aliphatic carbocycles. The van der Waals surface area contributed by atoms with Gasteiger partial charge in [0.25, 0.3) is 0 Å². The van der Waals surface area contributed by atoms with Gasteiger partial charge >= 0.3 is 5.97 Å². The van der Waals surface area contributed by atoms with Crippen molar-refractivity contribution in [3.8, 4) is 0 Å². The van der Waals surface area contributed by atoms with E-state index in [9.17, 15) is 4.79 Å². The molecular weight excluding hydrogens is 200 g/mol. The van der Waals surface area contributed by atoms with Crippen molar-refractivity contribution >= 4 is 5.97 Å².